The Bertz CT molecular complexity index is 555. The van der Waals surface area contributed by atoms with E-state index in [1.807, 2.05) is 0 Å². The fraction of sp³-hybridized carbons (Fsp3) is 0.750. The van der Waals surface area contributed by atoms with E-state index < -0.39 is 0 Å². The van der Waals surface area contributed by atoms with Crippen molar-refractivity contribution in [2.75, 3.05) is 26.7 Å². The van der Waals surface area contributed by atoms with Crippen molar-refractivity contribution in [1.82, 2.24) is 9.80 Å². The molecule has 3 aliphatic rings. The van der Waals surface area contributed by atoms with Crippen LogP contribution in [0.3, 0.4) is 0 Å². The maximum atomic E-state index is 5.69. The number of hydrogen-bond acceptors (Lipinski definition) is 2. The topological polar surface area (TPSA) is 6.48 Å². The highest BCUT2D eigenvalue weighted by Gasteiger charge is 2.43. The normalized spacial score (nSPS) is 27.4. The van der Waals surface area contributed by atoms with E-state index in [2.05, 4.69) is 54.8 Å². The lowest BCUT2D eigenvalue weighted by molar-refractivity contribution is 0.0390. The Kier molecular flexibility index (Phi) is 6.65. The summed E-state index contributed by atoms with van der Waals surface area (Å²) in [5.74, 6) is 4.61. The molecule has 2 nitrogen and oxygen atoms in total. The molecule has 0 amide bonds. The zero-order valence-corrected chi connectivity index (χ0v) is 17.2. The van der Waals surface area contributed by atoms with Gasteiger partial charge in [0.1, 0.15) is 0 Å². The number of nitrogens with zero attached hydrogens (tertiary/aromatic N) is 2. The molecule has 0 aromatic heterocycles. The van der Waals surface area contributed by atoms with Crippen LogP contribution in [0.2, 0.25) is 0 Å². The first-order valence-corrected chi connectivity index (χ1v) is 10.9. The fourth-order valence-electron chi connectivity index (χ4n) is 5.32. The molecule has 0 N–H and O–H groups in total. The Morgan fingerprint density at radius 2 is 1.96 bits per heavy atom. The second-order valence-corrected chi connectivity index (χ2v) is 8.78. The third kappa shape index (κ3) is 4.26. The molecule has 0 bridgehead atoms. The first-order valence-electron chi connectivity index (χ1n) is 10.9. The largest absolute Gasteiger partial charge is 0.303 e. The van der Waals surface area contributed by atoms with Crippen molar-refractivity contribution in [3.8, 4) is 12.3 Å². The van der Waals surface area contributed by atoms with E-state index in [0.717, 1.165) is 24.3 Å². The molecule has 2 fully saturated rings. The van der Waals surface area contributed by atoms with Crippen molar-refractivity contribution < 1.29 is 0 Å². The van der Waals surface area contributed by atoms with Gasteiger partial charge in [0.25, 0.3) is 0 Å². The van der Waals surface area contributed by atoms with Crippen molar-refractivity contribution in [3.05, 3.63) is 23.8 Å². The molecular formula is C24H38N2. The molecule has 144 valence electrons. The number of hydrogen-bond donors (Lipinski definition) is 0. The van der Waals surface area contributed by atoms with E-state index >= 15 is 0 Å². The maximum Gasteiger partial charge on any atom is 0.0313 e. The Balaban J connectivity index is 1.46. The highest BCUT2D eigenvalue weighted by Crippen LogP contribution is 2.43. The summed E-state index contributed by atoms with van der Waals surface area (Å²) in [6.07, 6.45) is 22.6. The Labute approximate surface area is 161 Å². The van der Waals surface area contributed by atoms with Crippen LogP contribution in [0.15, 0.2) is 23.8 Å². The zero-order valence-electron chi connectivity index (χ0n) is 17.2. The van der Waals surface area contributed by atoms with Crippen LogP contribution in [0.25, 0.3) is 0 Å². The van der Waals surface area contributed by atoms with Crippen LogP contribution >= 0.6 is 0 Å². The van der Waals surface area contributed by atoms with Gasteiger partial charge in [-0.2, -0.15) is 0 Å². The second-order valence-electron chi connectivity index (χ2n) is 8.78. The van der Waals surface area contributed by atoms with E-state index in [4.69, 9.17) is 6.42 Å². The quantitative estimate of drug-likeness (QED) is 0.573. The standard InChI is InChI=1S/C24H38N2/c1-5-15-24(6-2,7-3)26-16-13-20(14-17-26)19-25(4)23-18-22(23)21-11-9-8-10-12-21/h1,9,11-12,20,22-23H,6-8,10,13-19H2,2-4H3. The summed E-state index contributed by atoms with van der Waals surface area (Å²) in [5, 5.41) is 0. The fourth-order valence-corrected chi connectivity index (χ4v) is 5.32. The van der Waals surface area contributed by atoms with Gasteiger partial charge < -0.3 is 4.90 Å². The number of allylic oxidation sites excluding steroid dienone is 3. The van der Waals surface area contributed by atoms with Gasteiger partial charge in [-0.25, -0.2) is 0 Å². The number of likely N-dealkylation sites (tertiary alicyclic amines) is 1. The molecule has 1 saturated carbocycles. The Hall–Kier alpha value is -1.04. The van der Waals surface area contributed by atoms with Crippen molar-refractivity contribution in [3.63, 3.8) is 0 Å². The number of rotatable bonds is 8. The molecule has 2 atom stereocenters. The molecule has 26 heavy (non-hydrogen) atoms. The van der Waals surface area contributed by atoms with Gasteiger partial charge in [0, 0.05) is 30.5 Å². The highest BCUT2D eigenvalue weighted by molar-refractivity contribution is 5.31. The second kappa shape index (κ2) is 8.77. The van der Waals surface area contributed by atoms with Gasteiger partial charge in [0.15, 0.2) is 0 Å². The highest BCUT2D eigenvalue weighted by atomic mass is 15.2. The zero-order chi connectivity index (χ0) is 18.6. The van der Waals surface area contributed by atoms with Gasteiger partial charge in [0.2, 0.25) is 0 Å². The molecule has 3 rings (SSSR count). The maximum absolute atomic E-state index is 5.69. The van der Waals surface area contributed by atoms with Crippen molar-refractivity contribution in [1.29, 1.82) is 0 Å². The Morgan fingerprint density at radius 1 is 1.23 bits per heavy atom. The predicted molar refractivity (Wildman–Crippen MR) is 112 cm³/mol. The molecule has 1 saturated heterocycles. The molecule has 1 heterocycles. The molecule has 0 aromatic rings. The van der Waals surface area contributed by atoms with E-state index in [-0.39, 0.29) is 5.54 Å². The van der Waals surface area contributed by atoms with Crippen molar-refractivity contribution in [2.45, 2.75) is 76.8 Å². The minimum Gasteiger partial charge on any atom is -0.303 e. The van der Waals surface area contributed by atoms with Crippen LogP contribution in [0.1, 0.15) is 65.2 Å². The molecule has 2 heteroatoms. The molecular weight excluding hydrogens is 316 g/mol. The average molecular weight is 355 g/mol. The van der Waals surface area contributed by atoms with Crippen molar-refractivity contribution >= 4 is 0 Å². The summed E-state index contributed by atoms with van der Waals surface area (Å²) in [6.45, 7) is 8.34. The third-order valence-electron chi connectivity index (χ3n) is 7.35. The van der Waals surface area contributed by atoms with Gasteiger partial charge in [-0.15, -0.1) is 12.3 Å². The van der Waals surface area contributed by atoms with Gasteiger partial charge in [-0.05, 0) is 76.6 Å². The SMILES string of the molecule is C#CCC(CC)(CC)N1CCC(CN(C)C2CC2C2=CCCC=C2)CC1. The summed E-state index contributed by atoms with van der Waals surface area (Å²) in [6, 6.07) is 0.786. The van der Waals surface area contributed by atoms with Crippen LogP contribution < -0.4 is 0 Å². The summed E-state index contributed by atoms with van der Waals surface area (Å²) >= 11 is 0. The summed E-state index contributed by atoms with van der Waals surface area (Å²) < 4.78 is 0. The number of piperidine rings is 1. The molecule has 1 aliphatic heterocycles. The lowest BCUT2D eigenvalue weighted by Gasteiger charge is -2.46. The van der Waals surface area contributed by atoms with Crippen LogP contribution in [0, 0.1) is 24.2 Å². The lowest BCUT2D eigenvalue weighted by Crippen LogP contribution is -2.52. The molecule has 0 spiro atoms. The van der Waals surface area contributed by atoms with Crippen LogP contribution in [0.5, 0.6) is 0 Å². The van der Waals surface area contributed by atoms with Crippen LogP contribution in [-0.2, 0) is 0 Å². The molecule has 0 radical (unpaired) electrons. The van der Waals surface area contributed by atoms with Gasteiger partial charge in [0.05, 0.1) is 0 Å². The first kappa shape index (κ1) is 19.7. The van der Waals surface area contributed by atoms with E-state index in [1.54, 1.807) is 5.57 Å². The lowest BCUT2D eigenvalue weighted by atomic mass is 9.84. The average Bonchev–Trinajstić information content (AvgIpc) is 3.49. The van der Waals surface area contributed by atoms with Crippen molar-refractivity contribution in [2.24, 2.45) is 11.8 Å². The molecule has 0 aromatic carbocycles. The summed E-state index contributed by atoms with van der Waals surface area (Å²) in [5.41, 5.74) is 1.85. The van der Waals surface area contributed by atoms with E-state index in [0.29, 0.717) is 0 Å². The first-order chi connectivity index (χ1) is 12.6. The molecule has 2 aliphatic carbocycles. The van der Waals surface area contributed by atoms with Gasteiger partial charge >= 0.3 is 0 Å². The van der Waals surface area contributed by atoms with Crippen LogP contribution in [-0.4, -0.2) is 48.1 Å². The third-order valence-corrected chi connectivity index (χ3v) is 7.35. The van der Waals surface area contributed by atoms with Gasteiger partial charge in [-0.3, -0.25) is 4.90 Å². The smallest absolute Gasteiger partial charge is 0.0313 e. The van der Waals surface area contributed by atoms with E-state index in [9.17, 15) is 0 Å². The number of terminal acetylenes is 1. The predicted octanol–water partition coefficient (Wildman–Crippen LogP) is 4.88. The Morgan fingerprint density at radius 3 is 2.54 bits per heavy atom. The van der Waals surface area contributed by atoms with E-state index in [1.165, 1.54) is 64.6 Å². The molecule has 2 unspecified atom stereocenters. The minimum atomic E-state index is 0.243. The van der Waals surface area contributed by atoms with Crippen LogP contribution in [0.4, 0.5) is 0 Å². The minimum absolute atomic E-state index is 0.243. The summed E-state index contributed by atoms with van der Waals surface area (Å²) in [4.78, 5) is 5.36. The van der Waals surface area contributed by atoms with Gasteiger partial charge in [-0.1, -0.05) is 32.1 Å². The summed E-state index contributed by atoms with van der Waals surface area (Å²) in [7, 11) is 2.35. The monoisotopic (exact) mass is 354 g/mol.